The van der Waals surface area contributed by atoms with Crippen molar-refractivity contribution in [2.75, 3.05) is 0 Å². The quantitative estimate of drug-likeness (QED) is 0.724. The van der Waals surface area contributed by atoms with E-state index in [4.69, 9.17) is 16.3 Å². The molecule has 1 N–H and O–H groups in total. The van der Waals surface area contributed by atoms with Crippen LogP contribution in [0.5, 0.6) is 5.75 Å². The Labute approximate surface area is 162 Å². The molecule has 0 fully saturated rings. The number of hydrogen-bond donors (Lipinski definition) is 1. The van der Waals surface area contributed by atoms with E-state index in [0.717, 1.165) is 16.8 Å². The summed E-state index contributed by atoms with van der Waals surface area (Å²) >= 11 is 6.01. The molecule has 0 amide bonds. The molecule has 2 atom stereocenters. The zero-order valence-electron chi connectivity index (χ0n) is 14.9. The Balaban J connectivity index is 1.90. The number of halogens is 1. The first-order chi connectivity index (χ1) is 12.9. The van der Waals surface area contributed by atoms with Crippen LogP contribution in [0.1, 0.15) is 31.0 Å². The van der Waals surface area contributed by atoms with E-state index in [2.05, 4.69) is 11.1 Å². The predicted molar refractivity (Wildman–Crippen MR) is 103 cm³/mol. The lowest BCUT2D eigenvalue weighted by atomic mass is 9.85. The number of fused-ring (bicyclic) bond motifs is 1. The molecule has 2 unspecified atom stereocenters. The van der Waals surface area contributed by atoms with Crippen molar-refractivity contribution in [2.24, 2.45) is 0 Å². The molecule has 0 spiro atoms. The highest BCUT2D eigenvalue weighted by Crippen LogP contribution is 2.43. The fourth-order valence-corrected chi connectivity index (χ4v) is 3.63. The van der Waals surface area contributed by atoms with Crippen LogP contribution in [0.2, 0.25) is 5.02 Å². The van der Waals surface area contributed by atoms with E-state index in [1.807, 2.05) is 42.7 Å². The summed E-state index contributed by atoms with van der Waals surface area (Å²) in [7, 11) is 0. The third kappa shape index (κ3) is 2.97. The fraction of sp³-hybridized carbons (Fsp3) is 0.238. The number of ether oxygens (including phenoxy) is 1. The van der Waals surface area contributed by atoms with Gasteiger partial charge in [-0.15, -0.1) is 0 Å². The van der Waals surface area contributed by atoms with Crippen molar-refractivity contribution in [3.63, 3.8) is 0 Å². The summed E-state index contributed by atoms with van der Waals surface area (Å²) in [4.78, 5) is 4.31. The number of rotatable bonds is 2. The van der Waals surface area contributed by atoms with Gasteiger partial charge in [0.2, 0.25) is 0 Å². The van der Waals surface area contributed by atoms with Gasteiger partial charge in [0.1, 0.15) is 17.5 Å². The van der Waals surface area contributed by atoms with Gasteiger partial charge in [0.05, 0.1) is 35.9 Å². The second-order valence-corrected chi connectivity index (χ2v) is 7.59. The molecule has 2 heterocycles. The molecule has 27 heavy (non-hydrogen) atoms. The third-order valence-electron chi connectivity index (χ3n) is 4.95. The molecule has 3 aromatic rings. The fourth-order valence-electron chi connectivity index (χ4n) is 3.51. The molecule has 0 saturated carbocycles. The largest absolute Gasteiger partial charge is 0.485 e. The van der Waals surface area contributed by atoms with Crippen molar-refractivity contribution in [1.29, 1.82) is 5.26 Å². The molecule has 0 aliphatic carbocycles. The van der Waals surface area contributed by atoms with Crippen molar-refractivity contribution in [1.82, 2.24) is 9.55 Å². The lowest BCUT2D eigenvalue weighted by Gasteiger charge is -2.43. The molecule has 1 aliphatic heterocycles. The first-order valence-electron chi connectivity index (χ1n) is 8.59. The zero-order chi connectivity index (χ0) is 19.2. The molecule has 0 radical (unpaired) electrons. The van der Waals surface area contributed by atoms with Crippen LogP contribution in [-0.2, 0) is 0 Å². The Morgan fingerprint density at radius 3 is 2.67 bits per heavy atom. The van der Waals surface area contributed by atoms with Gasteiger partial charge in [-0.3, -0.25) is 0 Å². The van der Waals surface area contributed by atoms with Crippen molar-refractivity contribution in [3.8, 4) is 23.1 Å². The number of benzene rings is 2. The van der Waals surface area contributed by atoms with E-state index in [9.17, 15) is 10.4 Å². The maximum absolute atomic E-state index is 11.1. The van der Waals surface area contributed by atoms with Gasteiger partial charge in [-0.25, -0.2) is 4.98 Å². The van der Waals surface area contributed by atoms with E-state index in [-0.39, 0.29) is 0 Å². The number of aliphatic hydroxyl groups is 1. The van der Waals surface area contributed by atoms with Gasteiger partial charge < -0.3 is 14.4 Å². The molecule has 5 nitrogen and oxygen atoms in total. The Kier molecular flexibility index (Phi) is 4.18. The number of aromatic nitrogens is 2. The van der Waals surface area contributed by atoms with E-state index in [1.165, 1.54) is 0 Å². The van der Waals surface area contributed by atoms with Crippen LogP contribution in [0.15, 0.2) is 55.0 Å². The highest BCUT2D eigenvalue weighted by atomic mass is 35.5. The summed E-state index contributed by atoms with van der Waals surface area (Å²) in [6, 6.07) is 14.5. The average Bonchev–Trinajstić information content (AvgIpc) is 3.12. The average molecular weight is 380 g/mol. The zero-order valence-corrected chi connectivity index (χ0v) is 15.7. The number of aliphatic hydroxyl groups excluding tert-OH is 1. The second kappa shape index (κ2) is 6.41. The summed E-state index contributed by atoms with van der Waals surface area (Å²) in [6.07, 6.45) is 2.62. The lowest BCUT2D eigenvalue weighted by Crippen LogP contribution is -2.50. The predicted octanol–water partition coefficient (Wildman–Crippen LogP) is 4.20. The summed E-state index contributed by atoms with van der Waals surface area (Å²) in [6.45, 7) is 3.70. The summed E-state index contributed by atoms with van der Waals surface area (Å²) in [5.41, 5.74) is 2.26. The topological polar surface area (TPSA) is 71.1 Å². The van der Waals surface area contributed by atoms with Crippen LogP contribution in [-0.4, -0.2) is 26.4 Å². The SMILES string of the molecule is CC1(C)Oc2ccc(C#N)cc2C(n2cncc2-c2ccc(Cl)cc2)C1O. The second-order valence-electron chi connectivity index (χ2n) is 7.15. The van der Waals surface area contributed by atoms with E-state index in [0.29, 0.717) is 16.3 Å². The van der Waals surface area contributed by atoms with Gasteiger partial charge in [-0.1, -0.05) is 23.7 Å². The summed E-state index contributed by atoms with van der Waals surface area (Å²) in [5, 5.41) is 21.1. The normalized spacial score (nSPS) is 20.4. The molecular formula is C21H18ClN3O2. The minimum absolute atomic E-state index is 0.440. The maximum Gasteiger partial charge on any atom is 0.132 e. The molecule has 136 valence electrons. The van der Waals surface area contributed by atoms with Crippen LogP contribution < -0.4 is 4.74 Å². The molecule has 0 saturated heterocycles. The molecule has 6 heteroatoms. The van der Waals surface area contributed by atoms with Crippen LogP contribution in [0.4, 0.5) is 0 Å². The van der Waals surface area contributed by atoms with E-state index < -0.39 is 17.7 Å². The van der Waals surface area contributed by atoms with Gasteiger partial charge in [0.15, 0.2) is 0 Å². The van der Waals surface area contributed by atoms with Gasteiger partial charge in [0.25, 0.3) is 0 Å². The smallest absolute Gasteiger partial charge is 0.132 e. The minimum Gasteiger partial charge on any atom is -0.485 e. The van der Waals surface area contributed by atoms with E-state index in [1.54, 1.807) is 30.7 Å². The van der Waals surface area contributed by atoms with Gasteiger partial charge in [-0.2, -0.15) is 5.26 Å². The highest BCUT2D eigenvalue weighted by molar-refractivity contribution is 6.30. The first kappa shape index (κ1) is 17.6. The number of imidazole rings is 1. The number of hydrogen-bond acceptors (Lipinski definition) is 4. The van der Waals surface area contributed by atoms with Gasteiger partial charge >= 0.3 is 0 Å². The van der Waals surface area contributed by atoms with Gasteiger partial charge in [-0.05, 0) is 49.7 Å². The molecule has 4 rings (SSSR count). The maximum atomic E-state index is 11.1. The Morgan fingerprint density at radius 1 is 1.22 bits per heavy atom. The Bertz CT molecular complexity index is 1030. The lowest BCUT2D eigenvalue weighted by molar-refractivity contribution is -0.0634. The van der Waals surface area contributed by atoms with Crippen molar-refractivity contribution in [2.45, 2.75) is 31.6 Å². The monoisotopic (exact) mass is 379 g/mol. The Hall–Kier alpha value is -2.81. The molecule has 1 aliphatic rings. The van der Waals surface area contributed by atoms with Crippen molar-refractivity contribution >= 4 is 11.6 Å². The molecular weight excluding hydrogens is 362 g/mol. The van der Waals surface area contributed by atoms with Crippen molar-refractivity contribution < 1.29 is 9.84 Å². The molecule has 1 aromatic heterocycles. The van der Waals surface area contributed by atoms with Crippen LogP contribution in [0.25, 0.3) is 11.3 Å². The molecule has 2 aromatic carbocycles. The van der Waals surface area contributed by atoms with Crippen LogP contribution in [0, 0.1) is 11.3 Å². The number of nitrogens with zero attached hydrogens (tertiary/aromatic N) is 3. The highest BCUT2D eigenvalue weighted by Gasteiger charge is 2.44. The summed E-state index contributed by atoms with van der Waals surface area (Å²) < 4.78 is 7.94. The van der Waals surface area contributed by atoms with Crippen LogP contribution in [0.3, 0.4) is 0 Å². The van der Waals surface area contributed by atoms with Gasteiger partial charge in [0, 0.05) is 10.6 Å². The standard InChI is InChI=1S/C21H18ClN3O2/c1-21(2)20(26)19(16-9-13(10-23)3-8-18(16)27-21)25-12-24-11-17(25)14-4-6-15(22)7-5-14/h3-9,11-12,19-20,26H,1-2H3. The van der Waals surface area contributed by atoms with Crippen LogP contribution >= 0.6 is 11.6 Å². The van der Waals surface area contributed by atoms with Crippen molar-refractivity contribution in [3.05, 3.63) is 71.1 Å². The molecule has 0 bridgehead atoms. The first-order valence-corrected chi connectivity index (χ1v) is 8.97. The number of nitriles is 1. The Morgan fingerprint density at radius 2 is 1.96 bits per heavy atom. The summed E-state index contributed by atoms with van der Waals surface area (Å²) in [5.74, 6) is 0.657. The minimum atomic E-state index is -0.834. The third-order valence-corrected chi connectivity index (χ3v) is 5.20. The van der Waals surface area contributed by atoms with E-state index >= 15 is 0 Å².